The van der Waals surface area contributed by atoms with Gasteiger partial charge in [0.15, 0.2) is 0 Å². The summed E-state index contributed by atoms with van der Waals surface area (Å²) in [6.45, 7) is 23.5. The summed E-state index contributed by atoms with van der Waals surface area (Å²) in [5.74, 6) is 0. The molecule has 0 spiro atoms. The molecule has 18 nitrogen and oxygen atoms in total. The molecule has 4 unspecified atom stereocenters. The lowest BCUT2D eigenvalue weighted by atomic mass is 9.82. The van der Waals surface area contributed by atoms with Gasteiger partial charge in [0.05, 0.1) is 55.1 Å². The maximum atomic E-state index is 11.1. The van der Waals surface area contributed by atoms with Gasteiger partial charge in [-0.3, -0.25) is 24.8 Å². The zero-order valence-corrected chi connectivity index (χ0v) is 61.2. The van der Waals surface area contributed by atoms with Gasteiger partial charge in [-0.1, -0.05) is 56.1 Å². The first-order chi connectivity index (χ1) is 49.0. The molecular weight excluding hydrogens is 1290 g/mol. The Labute approximate surface area is 603 Å². The molecule has 102 heavy (non-hydrogen) atoms. The van der Waals surface area contributed by atoms with E-state index in [0.29, 0.717) is 31.2 Å². The maximum Gasteiger partial charge on any atom is 0.140 e. The highest BCUT2D eigenvalue weighted by Gasteiger charge is 2.37. The van der Waals surface area contributed by atoms with Gasteiger partial charge in [0, 0.05) is 180 Å². The monoisotopic (exact) mass is 1390 g/mol. The molecule has 0 saturated carbocycles. The first kappa shape index (κ1) is 71.8. The predicted molar refractivity (Wildman–Crippen MR) is 405 cm³/mol. The molecule has 532 valence electrons. The van der Waals surface area contributed by atoms with E-state index in [1.54, 1.807) is 55.8 Å². The van der Waals surface area contributed by atoms with Crippen molar-refractivity contribution in [3.63, 3.8) is 0 Å². The van der Waals surface area contributed by atoms with E-state index in [0.717, 1.165) is 122 Å². The van der Waals surface area contributed by atoms with Crippen LogP contribution in [0.3, 0.4) is 0 Å². The summed E-state index contributed by atoms with van der Waals surface area (Å²) in [5, 5.41) is 59.4. The van der Waals surface area contributed by atoms with E-state index in [4.69, 9.17) is 11.6 Å². The van der Waals surface area contributed by atoms with Gasteiger partial charge in [0.2, 0.25) is 0 Å². The Hall–Kier alpha value is -8.53. The number of rotatable bonds is 15. The molecule has 5 N–H and O–H groups in total. The van der Waals surface area contributed by atoms with E-state index in [9.17, 15) is 25.5 Å². The predicted octanol–water partition coefficient (Wildman–Crippen LogP) is 13.6. The van der Waals surface area contributed by atoms with Gasteiger partial charge >= 0.3 is 0 Å². The minimum Gasteiger partial charge on any atom is -0.387 e. The largest absolute Gasteiger partial charge is 0.387 e. The number of aliphatic hydroxyl groups excluding tert-OH is 3. The Morgan fingerprint density at radius 1 is 0.520 bits per heavy atom. The standard InChI is InChI=1S/C22H27N3O2.C22H27N3O.C20H24N4O.C19H20ClN3O/c1-22(2,27)16-4-5-19-17(12-16)18-13-24(3)11-8-20(18)25(19)14-21(26)15-6-9-23-10-7-15;1-3-10-24-11-8-21-19(14-24)18-12-16(2)6-7-20(18)25(21)15-22(26)17-5-4-9-23-13-17;1-20(2)13-23(3)11-16-15-5-4-8-22-19(15)24(18(16)20)12-17(25)14-6-9-21-10-7-14;1-19(24,13-6-8-21-9-7-13)12-23-17-5-3-2-4-15(17)16-10-14(20)11-22-18(16)23/h4-7,9-10,12,21,26-27H,8,11,13-14H2,1-3H3;4-7,9,12-13,22,26H,3,8,10-11,14-15H2,1-2H3;4-10,17,25H,11-13H2,1-3H3;6-11,24H,2-5,12H2,1H3. The van der Waals surface area contributed by atoms with Crippen LogP contribution in [0.2, 0.25) is 5.02 Å². The highest BCUT2D eigenvalue weighted by atomic mass is 35.5. The molecule has 0 fully saturated rings. The second-order valence-electron chi connectivity index (χ2n) is 29.9. The number of benzene rings is 2. The number of aliphatic hydroxyl groups is 5. The van der Waals surface area contributed by atoms with E-state index in [1.165, 1.54) is 91.5 Å². The molecule has 4 aliphatic rings. The molecule has 10 aromatic heterocycles. The molecule has 13 heterocycles. The van der Waals surface area contributed by atoms with Gasteiger partial charge in [0.1, 0.15) is 16.9 Å². The van der Waals surface area contributed by atoms with Gasteiger partial charge < -0.3 is 53.6 Å². The quantitative estimate of drug-likeness (QED) is 0.0647. The second-order valence-corrected chi connectivity index (χ2v) is 30.3. The fraction of sp³-hybridized carbons (Fsp3) is 0.398. The van der Waals surface area contributed by atoms with Gasteiger partial charge in [0.25, 0.3) is 0 Å². The summed E-state index contributed by atoms with van der Waals surface area (Å²) >= 11 is 6.17. The van der Waals surface area contributed by atoms with Crippen LogP contribution in [0.15, 0.2) is 165 Å². The number of likely N-dealkylation sites (N-methyl/N-ethyl adjacent to an activating group) is 2. The lowest BCUT2D eigenvalue weighted by Crippen LogP contribution is -2.41. The van der Waals surface area contributed by atoms with Crippen LogP contribution in [0, 0.1) is 6.92 Å². The molecule has 0 bridgehead atoms. The average molecular weight is 1390 g/mol. The van der Waals surface area contributed by atoms with Crippen molar-refractivity contribution in [2.24, 2.45) is 0 Å². The van der Waals surface area contributed by atoms with Crippen molar-refractivity contribution in [1.29, 1.82) is 0 Å². The van der Waals surface area contributed by atoms with Crippen molar-refractivity contribution >= 4 is 55.5 Å². The van der Waals surface area contributed by atoms with Crippen LogP contribution in [0.4, 0.5) is 0 Å². The molecule has 12 aromatic rings. The molecule has 19 heteroatoms. The van der Waals surface area contributed by atoms with Gasteiger partial charge in [-0.05, 0) is 210 Å². The van der Waals surface area contributed by atoms with Gasteiger partial charge in [-0.2, -0.15) is 0 Å². The zero-order valence-electron chi connectivity index (χ0n) is 60.5. The number of nitrogens with zero attached hydrogens (tertiary/aromatic N) is 13. The van der Waals surface area contributed by atoms with E-state index in [2.05, 4.69) is 141 Å². The van der Waals surface area contributed by atoms with Crippen LogP contribution in [-0.2, 0) is 88.1 Å². The maximum absolute atomic E-state index is 11.1. The first-order valence-corrected chi connectivity index (χ1v) is 36.5. The molecule has 1 aliphatic carbocycles. The third kappa shape index (κ3) is 15.3. The average Bonchev–Trinajstić information content (AvgIpc) is 1.60. The fourth-order valence-corrected chi connectivity index (χ4v) is 16.4. The second kappa shape index (κ2) is 30.4. The summed E-state index contributed by atoms with van der Waals surface area (Å²) < 4.78 is 9.01. The Morgan fingerprint density at radius 2 is 1.10 bits per heavy atom. The van der Waals surface area contributed by atoms with Crippen LogP contribution >= 0.6 is 11.6 Å². The van der Waals surface area contributed by atoms with Crippen molar-refractivity contribution < 1.29 is 25.5 Å². The Kier molecular flexibility index (Phi) is 21.4. The number of aromatic nitrogens is 10. The number of hydrogen-bond donors (Lipinski definition) is 5. The Balaban J connectivity index is 0.000000121. The lowest BCUT2D eigenvalue weighted by molar-refractivity contribution is 0.0384. The summed E-state index contributed by atoms with van der Waals surface area (Å²) in [6, 6.07) is 34.0. The van der Waals surface area contributed by atoms with Crippen molar-refractivity contribution in [2.45, 2.75) is 174 Å². The van der Waals surface area contributed by atoms with E-state index in [1.807, 2.05) is 93.7 Å². The molecule has 2 aromatic carbocycles. The zero-order chi connectivity index (χ0) is 71.6. The fourth-order valence-electron chi connectivity index (χ4n) is 16.3. The molecule has 0 amide bonds. The van der Waals surface area contributed by atoms with Crippen LogP contribution in [-0.4, -0.2) is 129 Å². The SMILES string of the molecule is CC(O)(Cn1c2c(c3cc(Cl)cnc31)CCCC2)c1ccncc1.CCCN1CCc2c(c3cc(C)ccc3n2CC(O)c2cccnc2)C1.CN1CCc2c(c3cc(C(C)(C)O)ccc3n2CC(O)c2ccncc2)C1.CN1Cc2c(n(CC(O)c3ccncc3)c3ncccc23)C(C)(C)C1. The Morgan fingerprint density at radius 3 is 1.75 bits per heavy atom. The minimum atomic E-state index is -0.985. The molecule has 0 radical (unpaired) electrons. The number of pyridine rings is 6. The number of aryl methyl sites for hydroxylation is 2. The van der Waals surface area contributed by atoms with Crippen molar-refractivity contribution in [3.8, 4) is 0 Å². The number of fused-ring (bicyclic) bond motifs is 12. The van der Waals surface area contributed by atoms with Crippen LogP contribution < -0.4 is 0 Å². The van der Waals surface area contributed by atoms with Crippen LogP contribution in [0.5, 0.6) is 0 Å². The van der Waals surface area contributed by atoms with E-state index < -0.39 is 29.5 Å². The third-order valence-corrected chi connectivity index (χ3v) is 21.3. The summed E-state index contributed by atoms with van der Waals surface area (Å²) in [7, 11) is 4.30. The van der Waals surface area contributed by atoms with Crippen LogP contribution in [0.25, 0.3) is 43.9 Å². The summed E-state index contributed by atoms with van der Waals surface area (Å²) in [4.78, 5) is 32.7. The molecule has 3 aliphatic heterocycles. The minimum absolute atomic E-state index is 0.000989. The smallest absolute Gasteiger partial charge is 0.140 e. The highest BCUT2D eigenvalue weighted by Crippen LogP contribution is 2.42. The van der Waals surface area contributed by atoms with Crippen molar-refractivity contribution in [2.75, 3.05) is 40.3 Å². The van der Waals surface area contributed by atoms with Crippen LogP contribution in [0.1, 0.15) is 158 Å². The first-order valence-electron chi connectivity index (χ1n) is 36.1. The molecule has 4 atom stereocenters. The van der Waals surface area contributed by atoms with Crippen molar-refractivity contribution in [1.82, 2.24) is 62.9 Å². The van der Waals surface area contributed by atoms with Gasteiger partial charge in [-0.15, -0.1) is 0 Å². The number of halogens is 1. The lowest BCUT2D eigenvalue weighted by Gasteiger charge is -2.38. The number of hydrogen-bond acceptors (Lipinski definition) is 14. The van der Waals surface area contributed by atoms with E-state index in [-0.39, 0.29) is 5.41 Å². The molecular formula is C83H98ClN13O5. The summed E-state index contributed by atoms with van der Waals surface area (Å²) in [5.41, 5.74) is 18.8. The van der Waals surface area contributed by atoms with Crippen molar-refractivity contribution in [3.05, 3.63) is 249 Å². The molecule has 0 saturated heterocycles. The Bertz CT molecular complexity index is 4870. The highest BCUT2D eigenvalue weighted by molar-refractivity contribution is 6.31. The summed E-state index contributed by atoms with van der Waals surface area (Å²) in [6.07, 6.45) is 23.3. The van der Waals surface area contributed by atoms with Gasteiger partial charge in [-0.25, -0.2) is 9.97 Å². The molecule has 16 rings (SSSR count). The third-order valence-electron chi connectivity index (χ3n) is 21.1. The topological polar surface area (TPSA) is 208 Å². The van der Waals surface area contributed by atoms with E-state index >= 15 is 0 Å². The normalized spacial score (nSPS) is 16.9.